The molecule has 0 heterocycles. The van der Waals surface area contributed by atoms with Gasteiger partial charge in [0.25, 0.3) is 5.91 Å². The van der Waals surface area contributed by atoms with E-state index in [4.69, 9.17) is 14.7 Å². The van der Waals surface area contributed by atoms with Gasteiger partial charge in [-0.3, -0.25) is 9.59 Å². The first-order valence-corrected chi connectivity index (χ1v) is 12.2. The van der Waals surface area contributed by atoms with Crippen molar-refractivity contribution in [2.75, 3.05) is 18.6 Å². The zero-order valence-corrected chi connectivity index (χ0v) is 20.4. The number of nitrogens with zero attached hydrogens (tertiary/aromatic N) is 2. The lowest BCUT2D eigenvalue weighted by atomic mass is 10.1. The lowest BCUT2D eigenvalue weighted by Gasteiger charge is -2.27. The number of carbonyl (C=O) groups is 2. The first-order valence-electron chi connectivity index (χ1n) is 10.7. The number of ether oxygens (including phenoxy) is 2. The maximum atomic E-state index is 13.0. The fourth-order valence-electron chi connectivity index (χ4n) is 3.10. The van der Waals surface area contributed by atoms with E-state index < -0.39 is 40.0 Å². The van der Waals surface area contributed by atoms with Gasteiger partial charge in [0.15, 0.2) is 6.10 Å². The second-order valence-electron chi connectivity index (χ2n) is 7.83. The first kappa shape index (κ1) is 26.8. The molecule has 1 N–H and O–H groups in total. The van der Waals surface area contributed by atoms with Gasteiger partial charge < -0.3 is 14.4 Å². The number of para-hydroxylation sites is 1. The lowest BCUT2D eigenvalue weighted by molar-refractivity contribution is -0.156. The smallest absolute Gasteiger partial charge is 0.325 e. The summed E-state index contributed by atoms with van der Waals surface area (Å²) in [5.41, 5.74) is 0.561. The molecular formula is C24H29N3O6S. The number of nitriles is 1. The van der Waals surface area contributed by atoms with Crippen molar-refractivity contribution in [1.82, 2.24) is 4.72 Å². The van der Waals surface area contributed by atoms with Gasteiger partial charge in [-0.25, -0.2) is 8.42 Å². The normalized spacial score (nSPS) is 12.9. The van der Waals surface area contributed by atoms with Crippen LogP contribution in [0.4, 0.5) is 5.69 Å². The molecule has 0 radical (unpaired) electrons. The summed E-state index contributed by atoms with van der Waals surface area (Å²) in [7, 11) is -2.57. The van der Waals surface area contributed by atoms with E-state index in [1.807, 2.05) is 6.07 Å². The number of benzene rings is 2. The summed E-state index contributed by atoms with van der Waals surface area (Å²) in [6.45, 7) is 4.87. The second-order valence-corrected chi connectivity index (χ2v) is 9.55. The van der Waals surface area contributed by atoms with Crippen molar-refractivity contribution in [3.8, 4) is 11.8 Å². The average Bonchev–Trinajstić information content (AvgIpc) is 2.83. The molecular weight excluding hydrogens is 458 g/mol. The number of esters is 1. The van der Waals surface area contributed by atoms with E-state index >= 15 is 0 Å². The van der Waals surface area contributed by atoms with Crippen LogP contribution in [0.25, 0.3) is 0 Å². The van der Waals surface area contributed by atoms with E-state index in [0.29, 0.717) is 11.4 Å². The van der Waals surface area contributed by atoms with Crippen LogP contribution in [0.5, 0.6) is 5.75 Å². The number of amides is 1. The fourth-order valence-corrected chi connectivity index (χ4v) is 4.43. The minimum absolute atomic E-state index is 0.0392. The van der Waals surface area contributed by atoms with Gasteiger partial charge in [0.05, 0.1) is 24.5 Å². The van der Waals surface area contributed by atoms with E-state index in [-0.39, 0.29) is 17.9 Å². The van der Waals surface area contributed by atoms with Crippen LogP contribution in [-0.4, -0.2) is 46.1 Å². The van der Waals surface area contributed by atoms with Crippen LogP contribution in [0.1, 0.15) is 27.2 Å². The molecule has 1 amide bonds. The van der Waals surface area contributed by atoms with Gasteiger partial charge in [0.1, 0.15) is 11.8 Å². The van der Waals surface area contributed by atoms with Crippen molar-refractivity contribution >= 4 is 27.6 Å². The summed E-state index contributed by atoms with van der Waals surface area (Å²) in [6.07, 6.45) is -1.10. The van der Waals surface area contributed by atoms with Crippen molar-refractivity contribution in [2.24, 2.45) is 5.92 Å². The highest BCUT2D eigenvalue weighted by Crippen LogP contribution is 2.19. The molecule has 0 saturated heterocycles. The highest BCUT2D eigenvalue weighted by molar-refractivity contribution is 7.89. The number of rotatable bonds is 11. The summed E-state index contributed by atoms with van der Waals surface area (Å²) < 4.78 is 38.4. The fraction of sp³-hybridized carbons (Fsp3) is 0.375. The molecule has 9 nitrogen and oxygen atoms in total. The Morgan fingerprint density at radius 2 is 1.68 bits per heavy atom. The molecule has 0 spiro atoms. The van der Waals surface area contributed by atoms with Gasteiger partial charge in [-0.15, -0.1) is 0 Å². The summed E-state index contributed by atoms with van der Waals surface area (Å²) >= 11 is 0. The van der Waals surface area contributed by atoms with Crippen LogP contribution in [0.3, 0.4) is 0 Å². The maximum absolute atomic E-state index is 13.0. The number of methoxy groups -OCH3 is 1. The number of hydrogen-bond donors (Lipinski definition) is 1. The minimum atomic E-state index is -4.04. The Morgan fingerprint density at radius 3 is 2.21 bits per heavy atom. The van der Waals surface area contributed by atoms with Crippen LogP contribution < -0.4 is 14.4 Å². The van der Waals surface area contributed by atoms with Crippen molar-refractivity contribution in [3.63, 3.8) is 0 Å². The van der Waals surface area contributed by atoms with Crippen molar-refractivity contribution in [2.45, 2.75) is 44.2 Å². The van der Waals surface area contributed by atoms with E-state index in [1.165, 1.54) is 43.2 Å². The minimum Gasteiger partial charge on any atom is -0.497 e. The Balaban J connectivity index is 2.17. The van der Waals surface area contributed by atoms with Crippen LogP contribution in [0.2, 0.25) is 0 Å². The molecule has 0 aliphatic heterocycles. The Morgan fingerprint density at radius 1 is 1.06 bits per heavy atom. The molecule has 34 heavy (non-hydrogen) atoms. The quantitative estimate of drug-likeness (QED) is 0.483. The lowest BCUT2D eigenvalue weighted by Crippen LogP contribution is -2.48. The molecule has 10 heteroatoms. The van der Waals surface area contributed by atoms with E-state index in [2.05, 4.69) is 4.72 Å². The highest BCUT2D eigenvalue weighted by Gasteiger charge is 2.33. The standard InChI is InChI=1S/C24H29N3O6S/c1-17(2)22(26-34(30,31)21-13-11-20(32-4)12-14-21)24(29)33-18(3)23(28)27(16-8-15-25)19-9-6-5-7-10-19/h5-7,9-14,17-18,22,26H,8,16H2,1-4H3. The van der Waals surface area contributed by atoms with Gasteiger partial charge in [0, 0.05) is 12.2 Å². The number of anilines is 1. The Hall–Kier alpha value is -3.42. The molecule has 2 unspecified atom stereocenters. The van der Waals surface area contributed by atoms with Gasteiger partial charge in [-0.1, -0.05) is 32.0 Å². The summed E-state index contributed by atoms with van der Waals surface area (Å²) in [5, 5.41) is 8.95. The van der Waals surface area contributed by atoms with Crippen molar-refractivity contribution in [3.05, 3.63) is 54.6 Å². The van der Waals surface area contributed by atoms with Gasteiger partial charge >= 0.3 is 5.97 Å². The Bertz CT molecular complexity index is 1110. The van der Waals surface area contributed by atoms with Gasteiger partial charge in [-0.2, -0.15) is 9.98 Å². The van der Waals surface area contributed by atoms with Crippen LogP contribution in [-0.2, 0) is 24.3 Å². The average molecular weight is 488 g/mol. The molecule has 0 aliphatic rings. The number of hydrogen-bond acceptors (Lipinski definition) is 7. The number of sulfonamides is 1. The monoisotopic (exact) mass is 487 g/mol. The summed E-state index contributed by atoms with van der Waals surface area (Å²) in [6, 6.07) is 15.2. The van der Waals surface area contributed by atoms with E-state index in [1.54, 1.807) is 44.2 Å². The predicted molar refractivity (Wildman–Crippen MR) is 127 cm³/mol. The third-order valence-electron chi connectivity index (χ3n) is 4.99. The van der Waals surface area contributed by atoms with Crippen LogP contribution in [0, 0.1) is 17.2 Å². The largest absolute Gasteiger partial charge is 0.497 e. The summed E-state index contributed by atoms with van der Waals surface area (Å²) in [5.74, 6) is -1.35. The molecule has 2 aromatic carbocycles. The molecule has 2 rings (SSSR count). The Labute approximate surface area is 200 Å². The summed E-state index contributed by atoms with van der Waals surface area (Å²) in [4.78, 5) is 27.3. The number of carbonyl (C=O) groups excluding carboxylic acids is 2. The van der Waals surface area contributed by atoms with Gasteiger partial charge in [0.2, 0.25) is 10.0 Å². The first-order chi connectivity index (χ1) is 16.1. The molecule has 0 saturated carbocycles. The molecule has 0 bridgehead atoms. The van der Waals surface area contributed by atoms with Gasteiger partial charge in [-0.05, 0) is 49.2 Å². The maximum Gasteiger partial charge on any atom is 0.325 e. The second kappa shape index (κ2) is 12.2. The molecule has 182 valence electrons. The Kier molecular flexibility index (Phi) is 9.59. The third kappa shape index (κ3) is 7.04. The highest BCUT2D eigenvalue weighted by atomic mass is 32.2. The number of nitrogens with one attached hydrogen (secondary N) is 1. The van der Waals surface area contributed by atoms with Crippen LogP contribution in [0.15, 0.2) is 59.5 Å². The van der Waals surface area contributed by atoms with Crippen molar-refractivity contribution < 1.29 is 27.5 Å². The molecule has 0 aromatic heterocycles. The zero-order valence-electron chi connectivity index (χ0n) is 19.6. The topological polar surface area (TPSA) is 126 Å². The van der Waals surface area contributed by atoms with Crippen molar-refractivity contribution in [1.29, 1.82) is 5.26 Å². The zero-order chi connectivity index (χ0) is 25.3. The van der Waals surface area contributed by atoms with E-state index in [0.717, 1.165) is 0 Å². The third-order valence-corrected chi connectivity index (χ3v) is 6.45. The predicted octanol–water partition coefficient (Wildman–Crippen LogP) is 2.88. The van der Waals surface area contributed by atoms with Crippen LogP contribution >= 0.6 is 0 Å². The molecule has 0 aliphatic carbocycles. The SMILES string of the molecule is COc1ccc(S(=O)(=O)NC(C(=O)OC(C)C(=O)N(CCC#N)c2ccccc2)C(C)C)cc1. The molecule has 2 aromatic rings. The molecule has 0 fully saturated rings. The van der Waals surface area contributed by atoms with E-state index in [9.17, 15) is 18.0 Å². The molecule has 2 atom stereocenters.